The quantitative estimate of drug-likeness (QED) is 0.406. The van der Waals surface area contributed by atoms with Gasteiger partial charge in [-0.2, -0.15) is 0 Å². The van der Waals surface area contributed by atoms with Gasteiger partial charge in [0.15, 0.2) is 6.61 Å². The Morgan fingerprint density at radius 2 is 1.73 bits per heavy atom. The van der Waals surface area contributed by atoms with E-state index in [0.717, 1.165) is 12.2 Å². The third-order valence-electron chi connectivity index (χ3n) is 3.63. The van der Waals surface area contributed by atoms with E-state index in [1.165, 1.54) is 50.5 Å². The molecule has 0 saturated heterocycles. The summed E-state index contributed by atoms with van der Waals surface area (Å²) in [7, 11) is 0. The van der Waals surface area contributed by atoms with E-state index in [9.17, 15) is 4.79 Å². The van der Waals surface area contributed by atoms with E-state index in [0.29, 0.717) is 6.61 Å². The molecule has 0 aliphatic heterocycles. The standard InChI is InChI=1S/C19H30O3/c1-3-5-6-7-8-9-10-12-17-13-11-14-18(15-17)22-16-19(20)21-4-2/h11,13-15H,3-10,12,16H2,1-2H3. The number of hydrogen-bond acceptors (Lipinski definition) is 3. The minimum Gasteiger partial charge on any atom is -0.482 e. The Labute approximate surface area is 135 Å². The Morgan fingerprint density at radius 1 is 1.00 bits per heavy atom. The third kappa shape index (κ3) is 8.71. The van der Waals surface area contributed by atoms with Crippen LogP contribution in [-0.2, 0) is 16.0 Å². The van der Waals surface area contributed by atoms with Crippen molar-refractivity contribution in [2.75, 3.05) is 13.2 Å². The summed E-state index contributed by atoms with van der Waals surface area (Å²) in [4.78, 5) is 11.3. The minimum absolute atomic E-state index is 0.0191. The van der Waals surface area contributed by atoms with Crippen LogP contribution in [0.4, 0.5) is 0 Å². The van der Waals surface area contributed by atoms with Crippen LogP contribution >= 0.6 is 0 Å². The molecule has 1 aromatic carbocycles. The predicted molar refractivity (Wildman–Crippen MR) is 90.3 cm³/mol. The highest BCUT2D eigenvalue weighted by molar-refractivity contribution is 5.71. The minimum atomic E-state index is -0.319. The highest BCUT2D eigenvalue weighted by Gasteiger charge is 2.03. The zero-order valence-corrected chi connectivity index (χ0v) is 14.1. The topological polar surface area (TPSA) is 35.5 Å². The first-order chi connectivity index (χ1) is 10.8. The fourth-order valence-electron chi connectivity index (χ4n) is 2.42. The van der Waals surface area contributed by atoms with Crippen molar-refractivity contribution in [2.45, 2.75) is 65.2 Å². The van der Waals surface area contributed by atoms with Gasteiger partial charge >= 0.3 is 5.97 Å². The van der Waals surface area contributed by atoms with Crippen molar-refractivity contribution >= 4 is 5.97 Å². The third-order valence-corrected chi connectivity index (χ3v) is 3.63. The average molecular weight is 306 g/mol. The van der Waals surface area contributed by atoms with Crippen molar-refractivity contribution in [3.8, 4) is 5.75 Å². The molecule has 0 unspecified atom stereocenters. The normalized spacial score (nSPS) is 10.5. The van der Waals surface area contributed by atoms with Gasteiger partial charge in [0.25, 0.3) is 0 Å². The summed E-state index contributed by atoms with van der Waals surface area (Å²) in [6, 6.07) is 8.01. The maximum absolute atomic E-state index is 11.3. The van der Waals surface area contributed by atoms with E-state index in [1.807, 2.05) is 18.2 Å². The van der Waals surface area contributed by atoms with Crippen LogP contribution in [0.15, 0.2) is 24.3 Å². The fraction of sp³-hybridized carbons (Fsp3) is 0.632. The number of esters is 1. The van der Waals surface area contributed by atoms with Crippen LogP contribution in [0.1, 0.15) is 64.4 Å². The molecule has 0 bridgehead atoms. The number of benzene rings is 1. The molecule has 0 aliphatic carbocycles. The summed E-state index contributed by atoms with van der Waals surface area (Å²) >= 11 is 0. The van der Waals surface area contributed by atoms with Gasteiger partial charge < -0.3 is 9.47 Å². The van der Waals surface area contributed by atoms with Crippen LogP contribution < -0.4 is 4.74 Å². The first-order valence-electron chi connectivity index (χ1n) is 8.63. The first-order valence-corrected chi connectivity index (χ1v) is 8.63. The van der Waals surface area contributed by atoms with Crippen LogP contribution in [0.25, 0.3) is 0 Å². The van der Waals surface area contributed by atoms with E-state index >= 15 is 0 Å². The molecule has 124 valence electrons. The van der Waals surface area contributed by atoms with Gasteiger partial charge in [-0.3, -0.25) is 0 Å². The van der Waals surface area contributed by atoms with Gasteiger partial charge in [0, 0.05) is 0 Å². The van der Waals surface area contributed by atoms with Crippen LogP contribution in [0.5, 0.6) is 5.75 Å². The second kappa shape index (κ2) is 12.1. The maximum atomic E-state index is 11.3. The van der Waals surface area contributed by atoms with Crippen LogP contribution in [0.2, 0.25) is 0 Å². The number of rotatable bonds is 12. The Hall–Kier alpha value is -1.51. The number of hydrogen-bond donors (Lipinski definition) is 0. The predicted octanol–water partition coefficient (Wildman–Crippen LogP) is 4.92. The van der Waals surface area contributed by atoms with Gasteiger partial charge in [0.05, 0.1) is 6.61 Å². The van der Waals surface area contributed by atoms with Crippen LogP contribution in [0.3, 0.4) is 0 Å². The Balaban J connectivity index is 2.21. The molecule has 0 saturated carbocycles. The van der Waals surface area contributed by atoms with E-state index in [4.69, 9.17) is 9.47 Å². The van der Waals surface area contributed by atoms with E-state index in [-0.39, 0.29) is 12.6 Å². The fourth-order valence-corrected chi connectivity index (χ4v) is 2.42. The molecule has 0 heterocycles. The van der Waals surface area contributed by atoms with E-state index in [2.05, 4.69) is 13.0 Å². The average Bonchev–Trinajstić information content (AvgIpc) is 2.53. The molecular weight excluding hydrogens is 276 g/mol. The van der Waals surface area contributed by atoms with Crippen molar-refractivity contribution in [3.63, 3.8) is 0 Å². The van der Waals surface area contributed by atoms with Gasteiger partial charge in [-0.1, -0.05) is 57.6 Å². The molecule has 0 fully saturated rings. The molecule has 1 rings (SSSR count). The molecule has 0 spiro atoms. The highest BCUT2D eigenvalue weighted by Crippen LogP contribution is 2.16. The number of carbonyl (C=O) groups excluding carboxylic acids is 1. The first kappa shape index (κ1) is 18.5. The largest absolute Gasteiger partial charge is 0.482 e. The monoisotopic (exact) mass is 306 g/mol. The molecule has 0 aliphatic rings. The lowest BCUT2D eigenvalue weighted by Crippen LogP contribution is -2.14. The van der Waals surface area contributed by atoms with E-state index < -0.39 is 0 Å². The SMILES string of the molecule is CCCCCCCCCc1cccc(OCC(=O)OCC)c1. The summed E-state index contributed by atoms with van der Waals surface area (Å²) in [5.74, 6) is 0.425. The molecule has 0 radical (unpaired) electrons. The molecule has 0 atom stereocenters. The summed E-state index contributed by atoms with van der Waals surface area (Å²) in [5.41, 5.74) is 1.27. The Bertz CT molecular complexity index is 415. The molecular formula is C19H30O3. The van der Waals surface area contributed by atoms with Crippen molar-refractivity contribution in [1.82, 2.24) is 0 Å². The lowest BCUT2D eigenvalue weighted by molar-refractivity contribution is -0.145. The molecule has 22 heavy (non-hydrogen) atoms. The molecule has 3 heteroatoms. The highest BCUT2D eigenvalue weighted by atomic mass is 16.6. The molecule has 1 aromatic rings. The molecule has 0 N–H and O–H groups in total. The van der Waals surface area contributed by atoms with Gasteiger partial charge in [-0.25, -0.2) is 4.79 Å². The molecule has 0 aromatic heterocycles. The van der Waals surface area contributed by atoms with Gasteiger partial charge in [0.1, 0.15) is 5.75 Å². The van der Waals surface area contributed by atoms with Crippen molar-refractivity contribution in [2.24, 2.45) is 0 Å². The van der Waals surface area contributed by atoms with E-state index in [1.54, 1.807) is 6.92 Å². The van der Waals surface area contributed by atoms with Crippen molar-refractivity contribution in [1.29, 1.82) is 0 Å². The summed E-state index contributed by atoms with van der Waals surface area (Å²) in [5, 5.41) is 0. The Kier molecular flexibility index (Phi) is 10.2. The van der Waals surface area contributed by atoms with Gasteiger partial charge in [-0.15, -0.1) is 0 Å². The lowest BCUT2D eigenvalue weighted by Gasteiger charge is -2.08. The summed E-state index contributed by atoms with van der Waals surface area (Å²) in [6.45, 7) is 4.41. The van der Waals surface area contributed by atoms with Crippen LogP contribution in [0, 0.1) is 0 Å². The van der Waals surface area contributed by atoms with Crippen molar-refractivity contribution < 1.29 is 14.3 Å². The second-order valence-electron chi connectivity index (χ2n) is 5.61. The van der Waals surface area contributed by atoms with Gasteiger partial charge in [-0.05, 0) is 37.5 Å². The number of aryl methyl sites for hydroxylation is 1. The number of unbranched alkanes of at least 4 members (excludes halogenated alkanes) is 6. The summed E-state index contributed by atoms with van der Waals surface area (Å²) < 4.78 is 10.3. The zero-order valence-electron chi connectivity index (χ0n) is 14.1. The van der Waals surface area contributed by atoms with Crippen molar-refractivity contribution in [3.05, 3.63) is 29.8 Å². The second-order valence-corrected chi connectivity index (χ2v) is 5.61. The maximum Gasteiger partial charge on any atom is 0.344 e. The Morgan fingerprint density at radius 3 is 2.45 bits per heavy atom. The summed E-state index contributed by atoms with van der Waals surface area (Å²) in [6.07, 6.45) is 10.3. The zero-order chi connectivity index (χ0) is 16.0. The number of ether oxygens (including phenoxy) is 2. The van der Waals surface area contributed by atoms with Gasteiger partial charge in [0.2, 0.25) is 0 Å². The van der Waals surface area contributed by atoms with Crippen LogP contribution in [-0.4, -0.2) is 19.2 Å². The number of carbonyl (C=O) groups is 1. The molecule has 3 nitrogen and oxygen atoms in total. The lowest BCUT2D eigenvalue weighted by atomic mass is 10.0. The molecule has 0 amide bonds. The smallest absolute Gasteiger partial charge is 0.344 e.